The second-order valence-corrected chi connectivity index (χ2v) is 4.08. The molecule has 0 bridgehead atoms. The van der Waals surface area contributed by atoms with Gasteiger partial charge in [0.2, 0.25) is 5.95 Å². The van der Waals surface area contributed by atoms with Gasteiger partial charge in [-0.2, -0.15) is 4.98 Å². The van der Waals surface area contributed by atoms with E-state index in [-0.39, 0.29) is 24.2 Å². The Morgan fingerprint density at radius 3 is 3.11 bits per heavy atom. The smallest absolute Gasteiger partial charge is 0.277 e. The summed E-state index contributed by atoms with van der Waals surface area (Å²) in [6, 6.07) is 0. The molecule has 1 aliphatic heterocycles. The van der Waals surface area contributed by atoms with E-state index in [0.717, 1.165) is 0 Å². The number of nitrogens with one attached hydrogen (secondary N) is 2. The molecule has 5 N–H and O–H groups in total. The Labute approximate surface area is 104 Å². The monoisotopic (exact) mass is 255 g/mol. The lowest BCUT2D eigenvalue weighted by Gasteiger charge is -2.19. The van der Waals surface area contributed by atoms with Crippen molar-refractivity contribution in [3.05, 3.63) is 10.4 Å². The Hall–Kier alpha value is -1.80. The summed E-state index contributed by atoms with van der Waals surface area (Å²) >= 11 is 0. The van der Waals surface area contributed by atoms with Crippen LogP contribution in [-0.2, 0) is 4.74 Å². The van der Waals surface area contributed by atoms with Crippen molar-refractivity contribution < 1.29 is 9.84 Å². The number of aliphatic hydroxyl groups excluding tert-OH is 1. The van der Waals surface area contributed by atoms with Crippen LogP contribution in [0.25, 0.3) is 0 Å². The summed E-state index contributed by atoms with van der Waals surface area (Å²) in [6.45, 7) is 1.08. The molecule has 0 fully saturated rings. The molecule has 2 rings (SSSR count). The quantitative estimate of drug-likeness (QED) is 0.530. The molecular weight excluding hydrogens is 238 g/mol. The minimum Gasteiger partial charge on any atom is -0.394 e. The van der Waals surface area contributed by atoms with Crippen LogP contribution in [-0.4, -0.2) is 48.1 Å². The Morgan fingerprint density at radius 2 is 2.44 bits per heavy atom. The first kappa shape index (κ1) is 12.7. The number of nitrogens with zero attached hydrogens (tertiary/aromatic N) is 2. The molecule has 100 valence electrons. The summed E-state index contributed by atoms with van der Waals surface area (Å²) < 4.78 is 5.08. The summed E-state index contributed by atoms with van der Waals surface area (Å²) in [7, 11) is 1.55. The lowest BCUT2D eigenvalue weighted by atomic mass is 10.2. The van der Waals surface area contributed by atoms with E-state index in [1.165, 1.54) is 0 Å². The first-order chi connectivity index (χ1) is 8.65. The van der Waals surface area contributed by atoms with Gasteiger partial charge in [0.05, 0.1) is 19.4 Å². The highest BCUT2D eigenvalue weighted by Gasteiger charge is 2.24. The van der Waals surface area contributed by atoms with Gasteiger partial charge in [0.25, 0.3) is 5.56 Å². The molecule has 8 nitrogen and oxygen atoms in total. The van der Waals surface area contributed by atoms with E-state index in [2.05, 4.69) is 15.3 Å². The lowest BCUT2D eigenvalue weighted by Crippen LogP contribution is -2.29. The molecule has 0 amide bonds. The number of methoxy groups -OCH3 is 1. The van der Waals surface area contributed by atoms with Gasteiger partial charge in [-0.15, -0.1) is 0 Å². The number of ether oxygens (including phenoxy) is 1. The third kappa shape index (κ3) is 2.39. The predicted octanol–water partition coefficient (Wildman–Crippen LogP) is -1.06. The minimum absolute atomic E-state index is 0.0322. The average molecular weight is 255 g/mol. The number of nitrogens with two attached hydrogens (primary N) is 1. The second-order valence-electron chi connectivity index (χ2n) is 4.08. The Bertz CT molecular complexity index is 471. The van der Waals surface area contributed by atoms with Crippen molar-refractivity contribution in [3.8, 4) is 0 Å². The topological polar surface area (TPSA) is 116 Å². The maximum atomic E-state index is 11.6. The molecule has 0 spiro atoms. The molecule has 1 unspecified atom stereocenters. The maximum absolute atomic E-state index is 11.6. The van der Waals surface area contributed by atoms with Gasteiger partial charge in [-0.05, 0) is 6.42 Å². The third-order valence-corrected chi connectivity index (χ3v) is 2.92. The van der Waals surface area contributed by atoms with Gasteiger partial charge in [-0.1, -0.05) is 0 Å². The predicted molar refractivity (Wildman–Crippen MR) is 67.6 cm³/mol. The number of fused-ring (bicyclic) bond motifs is 1. The highest BCUT2D eigenvalue weighted by atomic mass is 16.5. The SMILES string of the molecule is COC(CO)CCN1CNc2c1nc(N)[nH]c2=O. The van der Waals surface area contributed by atoms with Gasteiger partial charge in [-0.25, -0.2) is 0 Å². The highest BCUT2D eigenvalue weighted by molar-refractivity contribution is 5.70. The molecule has 8 heteroatoms. The molecule has 0 saturated heterocycles. The van der Waals surface area contributed by atoms with Crippen LogP contribution in [0.2, 0.25) is 0 Å². The van der Waals surface area contributed by atoms with Crippen molar-refractivity contribution in [3.63, 3.8) is 0 Å². The van der Waals surface area contributed by atoms with Crippen LogP contribution < -0.4 is 21.5 Å². The van der Waals surface area contributed by atoms with E-state index in [0.29, 0.717) is 31.1 Å². The number of hydrogen-bond donors (Lipinski definition) is 4. The largest absolute Gasteiger partial charge is 0.394 e. The van der Waals surface area contributed by atoms with Crippen LogP contribution in [0.3, 0.4) is 0 Å². The molecule has 1 aromatic rings. The van der Waals surface area contributed by atoms with Gasteiger partial charge < -0.3 is 25.8 Å². The molecule has 1 aromatic heterocycles. The summed E-state index contributed by atoms with van der Waals surface area (Å²) in [4.78, 5) is 20.0. The summed E-state index contributed by atoms with van der Waals surface area (Å²) in [5.41, 5.74) is 5.68. The molecule has 0 aliphatic carbocycles. The zero-order valence-corrected chi connectivity index (χ0v) is 10.1. The number of aromatic nitrogens is 2. The molecule has 0 saturated carbocycles. The average Bonchev–Trinajstić information content (AvgIpc) is 2.74. The number of aliphatic hydroxyl groups is 1. The van der Waals surface area contributed by atoms with Crippen LogP contribution >= 0.6 is 0 Å². The van der Waals surface area contributed by atoms with Gasteiger partial charge in [-0.3, -0.25) is 9.78 Å². The lowest BCUT2D eigenvalue weighted by molar-refractivity contribution is 0.0447. The second kappa shape index (κ2) is 5.23. The summed E-state index contributed by atoms with van der Waals surface area (Å²) in [5.74, 6) is 0.641. The zero-order valence-electron chi connectivity index (χ0n) is 10.1. The standard InChI is InChI=1S/C10H17N5O3/c1-18-6(4-16)2-3-15-5-12-7-8(15)13-10(11)14-9(7)17/h6,12,16H,2-5H2,1H3,(H3,11,13,14,17). The number of anilines is 3. The first-order valence-electron chi connectivity index (χ1n) is 5.68. The fourth-order valence-corrected chi connectivity index (χ4v) is 1.88. The number of H-pyrrole nitrogens is 1. The van der Waals surface area contributed by atoms with E-state index in [9.17, 15) is 4.79 Å². The van der Waals surface area contributed by atoms with Crippen LogP contribution in [0.15, 0.2) is 4.79 Å². The third-order valence-electron chi connectivity index (χ3n) is 2.92. The first-order valence-corrected chi connectivity index (χ1v) is 5.68. The van der Waals surface area contributed by atoms with Crippen molar-refractivity contribution in [2.75, 3.05) is 42.9 Å². The molecular formula is C10H17N5O3. The van der Waals surface area contributed by atoms with Gasteiger partial charge >= 0.3 is 0 Å². The number of nitrogen functional groups attached to an aromatic ring is 1. The molecule has 0 aromatic carbocycles. The Balaban J connectivity index is 2.09. The van der Waals surface area contributed by atoms with Crippen LogP contribution in [0.5, 0.6) is 0 Å². The van der Waals surface area contributed by atoms with E-state index in [1.807, 2.05) is 4.90 Å². The normalized spacial score (nSPS) is 15.3. The molecule has 1 atom stereocenters. The van der Waals surface area contributed by atoms with Crippen molar-refractivity contribution in [2.45, 2.75) is 12.5 Å². The Morgan fingerprint density at radius 1 is 1.67 bits per heavy atom. The van der Waals surface area contributed by atoms with Crippen molar-refractivity contribution in [2.24, 2.45) is 0 Å². The van der Waals surface area contributed by atoms with E-state index < -0.39 is 0 Å². The van der Waals surface area contributed by atoms with Crippen molar-refractivity contribution in [1.82, 2.24) is 9.97 Å². The minimum atomic E-state index is -0.273. The molecule has 0 radical (unpaired) electrons. The van der Waals surface area contributed by atoms with Crippen LogP contribution in [0.4, 0.5) is 17.5 Å². The fraction of sp³-hybridized carbons (Fsp3) is 0.600. The molecule has 2 heterocycles. The van der Waals surface area contributed by atoms with Crippen LogP contribution in [0, 0.1) is 0 Å². The van der Waals surface area contributed by atoms with Crippen molar-refractivity contribution >= 4 is 17.5 Å². The van der Waals surface area contributed by atoms with E-state index in [1.54, 1.807) is 7.11 Å². The van der Waals surface area contributed by atoms with Gasteiger partial charge in [0.15, 0.2) is 5.82 Å². The maximum Gasteiger partial charge on any atom is 0.277 e. The van der Waals surface area contributed by atoms with E-state index >= 15 is 0 Å². The van der Waals surface area contributed by atoms with Crippen molar-refractivity contribution in [1.29, 1.82) is 0 Å². The van der Waals surface area contributed by atoms with Crippen LogP contribution in [0.1, 0.15) is 6.42 Å². The fourth-order valence-electron chi connectivity index (χ4n) is 1.88. The number of rotatable bonds is 5. The van der Waals surface area contributed by atoms with E-state index in [4.69, 9.17) is 15.6 Å². The Kier molecular flexibility index (Phi) is 3.68. The molecule has 18 heavy (non-hydrogen) atoms. The zero-order chi connectivity index (χ0) is 13.1. The molecule has 1 aliphatic rings. The number of hydrogen-bond acceptors (Lipinski definition) is 7. The summed E-state index contributed by atoms with van der Waals surface area (Å²) in [5, 5.41) is 12.0. The van der Waals surface area contributed by atoms with Gasteiger partial charge in [0, 0.05) is 13.7 Å². The van der Waals surface area contributed by atoms with Gasteiger partial charge in [0.1, 0.15) is 5.69 Å². The summed E-state index contributed by atoms with van der Waals surface area (Å²) in [6.07, 6.45) is 0.427. The highest BCUT2D eigenvalue weighted by Crippen LogP contribution is 2.25. The number of aromatic amines is 1.